The van der Waals surface area contributed by atoms with Crippen molar-refractivity contribution in [2.24, 2.45) is 0 Å². The summed E-state index contributed by atoms with van der Waals surface area (Å²) in [5.41, 5.74) is 0.860. The molecule has 0 fully saturated rings. The molecule has 0 aliphatic heterocycles. The van der Waals surface area contributed by atoms with E-state index in [1.54, 1.807) is 19.2 Å². The number of aromatic amines is 2. The Morgan fingerprint density at radius 3 is 2.89 bits per heavy atom. The van der Waals surface area contributed by atoms with Gasteiger partial charge < -0.3 is 10.4 Å². The third kappa shape index (κ3) is 2.58. The van der Waals surface area contributed by atoms with Crippen LogP contribution in [0.5, 0.6) is 0 Å². The van der Waals surface area contributed by atoms with E-state index in [9.17, 15) is 9.59 Å². The predicted molar refractivity (Wildman–Crippen MR) is 70.6 cm³/mol. The Morgan fingerprint density at radius 2 is 2.32 bits per heavy atom. The fourth-order valence-electron chi connectivity index (χ4n) is 1.76. The third-order valence-electron chi connectivity index (χ3n) is 2.76. The number of aromatic nitrogens is 4. The summed E-state index contributed by atoms with van der Waals surface area (Å²) in [5.74, 6) is 0.505. The average Bonchev–Trinajstić information content (AvgIpc) is 2.98. The number of carbonyl (C=O) groups excluding carboxylic acids is 1. The summed E-state index contributed by atoms with van der Waals surface area (Å²) in [7, 11) is 1.81. The van der Waals surface area contributed by atoms with Crippen molar-refractivity contribution in [3.05, 3.63) is 28.3 Å². The van der Waals surface area contributed by atoms with Gasteiger partial charge in [0.2, 0.25) is 6.41 Å². The summed E-state index contributed by atoms with van der Waals surface area (Å²) in [6.45, 7) is 2.95. The standard InChI is InChI=1S/C11H16N6O2/c1-8-10(11(19)14-13-8)17-5-3-9(15-17)16(7-18)6-4-12-2/h3,5,7,12H,4,6H2,1-2H3,(H2,13,14,19). The van der Waals surface area contributed by atoms with Gasteiger partial charge in [0.15, 0.2) is 11.5 Å². The van der Waals surface area contributed by atoms with Crippen LogP contribution in [0.15, 0.2) is 17.1 Å². The minimum absolute atomic E-state index is 0.250. The molecule has 0 saturated heterocycles. The van der Waals surface area contributed by atoms with Crippen LogP contribution in [-0.4, -0.2) is 46.5 Å². The number of H-pyrrole nitrogens is 2. The van der Waals surface area contributed by atoms with E-state index >= 15 is 0 Å². The normalized spacial score (nSPS) is 10.6. The van der Waals surface area contributed by atoms with E-state index < -0.39 is 0 Å². The van der Waals surface area contributed by atoms with Crippen LogP contribution in [0.2, 0.25) is 0 Å². The van der Waals surface area contributed by atoms with Gasteiger partial charge in [-0.15, -0.1) is 5.10 Å². The van der Waals surface area contributed by atoms with E-state index in [-0.39, 0.29) is 5.56 Å². The van der Waals surface area contributed by atoms with Gasteiger partial charge in [-0.25, -0.2) is 4.68 Å². The molecule has 2 aromatic heterocycles. The van der Waals surface area contributed by atoms with Crippen LogP contribution in [0.25, 0.3) is 5.69 Å². The van der Waals surface area contributed by atoms with Crippen LogP contribution in [0.3, 0.4) is 0 Å². The Kier molecular flexibility index (Phi) is 3.81. The van der Waals surface area contributed by atoms with Gasteiger partial charge >= 0.3 is 0 Å². The smallest absolute Gasteiger partial charge is 0.290 e. The minimum Gasteiger partial charge on any atom is -0.318 e. The molecule has 0 aromatic carbocycles. The third-order valence-corrected chi connectivity index (χ3v) is 2.76. The van der Waals surface area contributed by atoms with Gasteiger partial charge in [-0.2, -0.15) is 0 Å². The highest BCUT2D eigenvalue weighted by molar-refractivity contribution is 5.72. The number of rotatable bonds is 6. The zero-order valence-corrected chi connectivity index (χ0v) is 10.8. The Morgan fingerprint density at radius 1 is 1.53 bits per heavy atom. The molecular formula is C11H16N6O2. The highest BCUT2D eigenvalue weighted by atomic mass is 16.1. The van der Waals surface area contributed by atoms with Crippen LogP contribution in [0.4, 0.5) is 5.82 Å². The zero-order chi connectivity index (χ0) is 13.8. The average molecular weight is 264 g/mol. The summed E-state index contributed by atoms with van der Waals surface area (Å²) in [6, 6.07) is 1.69. The summed E-state index contributed by atoms with van der Waals surface area (Å²) in [4.78, 5) is 24.1. The second kappa shape index (κ2) is 5.53. The lowest BCUT2D eigenvalue weighted by molar-refractivity contribution is -0.107. The molecule has 19 heavy (non-hydrogen) atoms. The van der Waals surface area contributed by atoms with Crippen molar-refractivity contribution in [3.63, 3.8) is 0 Å². The Hall–Kier alpha value is -2.35. The molecule has 2 heterocycles. The van der Waals surface area contributed by atoms with Crippen molar-refractivity contribution >= 4 is 12.2 Å². The van der Waals surface area contributed by atoms with Crippen LogP contribution in [0.1, 0.15) is 5.69 Å². The van der Waals surface area contributed by atoms with Crippen molar-refractivity contribution in [1.29, 1.82) is 0 Å². The number of nitrogens with zero attached hydrogens (tertiary/aromatic N) is 3. The number of amides is 1. The monoisotopic (exact) mass is 264 g/mol. The first-order valence-corrected chi connectivity index (χ1v) is 5.87. The minimum atomic E-state index is -0.250. The maximum atomic E-state index is 11.6. The number of anilines is 1. The maximum absolute atomic E-state index is 11.6. The SMILES string of the molecule is CNCCN(C=O)c1ccn(-c2c(C)[nH][nH]c2=O)n1. The Bertz CT molecular complexity index is 611. The maximum Gasteiger partial charge on any atom is 0.290 e. The number of likely N-dealkylation sites (N-methyl/N-ethyl adjacent to an activating group) is 1. The lowest BCUT2D eigenvalue weighted by atomic mass is 10.4. The number of aryl methyl sites for hydroxylation is 1. The van der Waals surface area contributed by atoms with Gasteiger partial charge in [-0.3, -0.25) is 19.6 Å². The number of carbonyl (C=O) groups is 1. The molecular weight excluding hydrogens is 248 g/mol. The molecule has 0 radical (unpaired) electrons. The van der Waals surface area contributed by atoms with E-state index in [4.69, 9.17) is 0 Å². The van der Waals surface area contributed by atoms with Gasteiger partial charge in [-0.05, 0) is 14.0 Å². The quantitative estimate of drug-likeness (QED) is 0.605. The largest absolute Gasteiger partial charge is 0.318 e. The molecule has 0 unspecified atom stereocenters. The van der Waals surface area contributed by atoms with Crippen LogP contribution in [0, 0.1) is 6.92 Å². The molecule has 1 amide bonds. The summed E-state index contributed by atoms with van der Waals surface area (Å²) in [6.07, 6.45) is 2.37. The van der Waals surface area contributed by atoms with Crippen molar-refractivity contribution < 1.29 is 4.79 Å². The van der Waals surface area contributed by atoms with Gasteiger partial charge in [0.05, 0.1) is 5.69 Å². The highest BCUT2D eigenvalue weighted by Gasteiger charge is 2.13. The number of nitrogens with one attached hydrogen (secondary N) is 3. The van der Waals surface area contributed by atoms with Crippen LogP contribution < -0.4 is 15.8 Å². The van der Waals surface area contributed by atoms with Crippen molar-refractivity contribution in [3.8, 4) is 5.69 Å². The van der Waals surface area contributed by atoms with E-state index in [0.717, 1.165) is 6.41 Å². The fourth-order valence-corrected chi connectivity index (χ4v) is 1.76. The Labute approximate surface area is 109 Å². The lowest BCUT2D eigenvalue weighted by Gasteiger charge is -2.13. The second-order valence-electron chi connectivity index (χ2n) is 4.07. The van der Waals surface area contributed by atoms with Crippen molar-refractivity contribution in [2.45, 2.75) is 6.92 Å². The molecule has 0 spiro atoms. The molecule has 0 atom stereocenters. The lowest BCUT2D eigenvalue weighted by Crippen LogP contribution is -2.30. The molecule has 2 aromatic rings. The van der Waals surface area contributed by atoms with E-state index in [1.165, 1.54) is 9.58 Å². The van der Waals surface area contributed by atoms with Gasteiger partial charge in [0.1, 0.15) is 0 Å². The first-order valence-electron chi connectivity index (χ1n) is 5.87. The molecule has 2 rings (SSSR count). The summed E-state index contributed by atoms with van der Waals surface area (Å²) in [5, 5.41) is 12.4. The first-order chi connectivity index (χ1) is 9.17. The van der Waals surface area contributed by atoms with E-state index in [2.05, 4.69) is 20.6 Å². The second-order valence-corrected chi connectivity index (χ2v) is 4.07. The van der Waals surface area contributed by atoms with Crippen LogP contribution >= 0.6 is 0 Å². The molecule has 0 saturated carbocycles. The van der Waals surface area contributed by atoms with Crippen molar-refractivity contribution in [1.82, 2.24) is 25.3 Å². The summed E-state index contributed by atoms with van der Waals surface area (Å²) >= 11 is 0. The molecule has 0 aliphatic rings. The number of hydrogen-bond donors (Lipinski definition) is 3. The predicted octanol–water partition coefficient (Wildman–Crippen LogP) is -0.621. The molecule has 8 heteroatoms. The fraction of sp³-hybridized carbons (Fsp3) is 0.364. The molecule has 102 valence electrons. The zero-order valence-electron chi connectivity index (χ0n) is 10.8. The Balaban J connectivity index is 2.28. The van der Waals surface area contributed by atoms with E-state index in [0.29, 0.717) is 30.3 Å². The first kappa shape index (κ1) is 13.1. The number of hydrogen-bond acceptors (Lipinski definition) is 4. The van der Waals surface area contributed by atoms with Gasteiger partial charge in [-0.1, -0.05) is 0 Å². The van der Waals surface area contributed by atoms with Gasteiger partial charge in [0, 0.05) is 25.4 Å². The van der Waals surface area contributed by atoms with Gasteiger partial charge in [0.25, 0.3) is 5.56 Å². The topological polar surface area (TPSA) is 98.8 Å². The van der Waals surface area contributed by atoms with Crippen molar-refractivity contribution in [2.75, 3.05) is 25.0 Å². The highest BCUT2D eigenvalue weighted by Crippen LogP contribution is 2.12. The molecule has 0 bridgehead atoms. The molecule has 3 N–H and O–H groups in total. The molecule has 8 nitrogen and oxygen atoms in total. The molecule has 0 aliphatic carbocycles. The van der Waals surface area contributed by atoms with E-state index in [1.807, 2.05) is 7.05 Å². The summed E-state index contributed by atoms with van der Waals surface area (Å²) < 4.78 is 1.45. The van der Waals surface area contributed by atoms with Crippen LogP contribution in [-0.2, 0) is 4.79 Å².